The molecule has 2 heterocycles. The van der Waals surface area contributed by atoms with Crippen LogP contribution in [-0.2, 0) is 0 Å². The van der Waals surface area contributed by atoms with E-state index < -0.39 is 4.92 Å². The van der Waals surface area contributed by atoms with Crippen LogP contribution in [0, 0.1) is 16.0 Å². The molecule has 1 aromatic heterocycles. The Morgan fingerprint density at radius 1 is 1.65 bits per heavy atom. The first-order valence-corrected chi connectivity index (χ1v) is 6.70. The summed E-state index contributed by atoms with van der Waals surface area (Å²) in [4.78, 5) is 28.5. The number of anilines is 1. The Kier molecular flexibility index (Phi) is 4.16. The van der Waals surface area contributed by atoms with E-state index in [1.807, 2.05) is 6.92 Å². The molecule has 0 aromatic carbocycles. The van der Waals surface area contributed by atoms with Gasteiger partial charge >= 0.3 is 0 Å². The SMILES string of the molecule is CCNc1ncc([N+](=O)[O-])cc1C(=O)N1CCC(C)C1. The van der Waals surface area contributed by atoms with Gasteiger partial charge in [-0.2, -0.15) is 0 Å². The summed E-state index contributed by atoms with van der Waals surface area (Å²) < 4.78 is 0. The van der Waals surface area contributed by atoms with Crippen molar-refractivity contribution < 1.29 is 9.72 Å². The Hall–Kier alpha value is -2.18. The summed E-state index contributed by atoms with van der Waals surface area (Å²) in [6.07, 6.45) is 2.13. The molecule has 1 aliphatic rings. The summed E-state index contributed by atoms with van der Waals surface area (Å²) >= 11 is 0. The number of carbonyl (C=O) groups excluding carboxylic acids is 1. The molecule has 1 aliphatic heterocycles. The van der Waals surface area contributed by atoms with Crippen LogP contribution in [0.15, 0.2) is 12.3 Å². The van der Waals surface area contributed by atoms with E-state index in [0.717, 1.165) is 6.42 Å². The topological polar surface area (TPSA) is 88.4 Å². The standard InChI is InChI=1S/C13H18N4O3/c1-3-14-12-11(6-10(7-15-12)17(19)20)13(18)16-5-4-9(2)8-16/h6-7,9H,3-5,8H2,1-2H3,(H,14,15). The van der Waals surface area contributed by atoms with Crippen LogP contribution in [0.4, 0.5) is 11.5 Å². The van der Waals surface area contributed by atoms with Gasteiger partial charge in [-0.25, -0.2) is 4.98 Å². The number of hydrogen-bond acceptors (Lipinski definition) is 5. The molecule has 20 heavy (non-hydrogen) atoms. The van der Waals surface area contributed by atoms with Crippen molar-refractivity contribution in [1.82, 2.24) is 9.88 Å². The van der Waals surface area contributed by atoms with E-state index in [1.165, 1.54) is 12.3 Å². The van der Waals surface area contributed by atoms with Crippen molar-refractivity contribution in [1.29, 1.82) is 0 Å². The molecule has 1 N–H and O–H groups in total. The van der Waals surface area contributed by atoms with Gasteiger partial charge in [-0.15, -0.1) is 0 Å². The zero-order valence-corrected chi connectivity index (χ0v) is 11.6. The van der Waals surface area contributed by atoms with Crippen molar-refractivity contribution in [3.05, 3.63) is 27.9 Å². The van der Waals surface area contributed by atoms with Crippen LogP contribution >= 0.6 is 0 Å². The number of hydrogen-bond donors (Lipinski definition) is 1. The number of amides is 1. The molecular weight excluding hydrogens is 260 g/mol. The second-order valence-electron chi connectivity index (χ2n) is 5.02. The molecular formula is C13H18N4O3. The lowest BCUT2D eigenvalue weighted by molar-refractivity contribution is -0.385. The highest BCUT2D eigenvalue weighted by Gasteiger charge is 2.27. The first kappa shape index (κ1) is 14.2. The van der Waals surface area contributed by atoms with Crippen molar-refractivity contribution in [3.8, 4) is 0 Å². The lowest BCUT2D eigenvalue weighted by Crippen LogP contribution is -2.29. The predicted octanol–water partition coefficient (Wildman–Crippen LogP) is 1.90. The van der Waals surface area contributed by atoms with Gasteiger partial charge in [0.25, 0.3) is 11.6 Å². The van der Waals surface area contributed by atoms with Crippen molar-refractivity contribution in [2.45, 2.75) is 20.3 Å². The fraction of sp³-hybridized carbons (Fsp3) is 0.538. The Morgan fingerprint density at radius 3 is 2.95 bits per heavy atom. The molecule has 0 radical (unpaired) electrons. The molecule has 0 saturated carbocycles. The maximum Gasteiger partial charge on any atom is 0.288 e. The van der Waals surface area contributed by atoms with Gasteiger partial charge in [0.15, 0.2) is 0 Å². The zero-order valence-electron chi connectivity index (χ0n) is 11.6. The fourth-order valence-electron chi connectivity index (χ4n) is 2.31. The van der Waals surface area contributed by atoms with E-state index >= 15 is 0 Å². The first-order chi connectivity index (χ1) is 9.52. The van der Waals surface area contributed by atoms with Gasteiger partial charge in [0.2, 0.25) is 0 Å². The average molecular weight is 278 g/mol. The molecule has 0 bridgehead atoms. The molecule has 1 aromatic rings. The van der Waals surface area contributed by atoms with Gasteiger partial charge < -0.3 is 10.2 Å². The van der Waals surface area contributed by atoms with Crippen LogP contribution in [0.3, 0.4) is 0 Å². The Labute approximate surface area is 117 Å². The van der Waals surface area contributed by atoms with Gasteiger partial charge in [0, 0.05) is 25.7 Å². The summed E-state index contributed by atoms with van der Waals surface area (Å²) in [5, 5.41) is 13.8. The lowest BCUT2D eigenvalue weighted by atomic mass is 10.2. The molecule has 1 fully saturated rings. The van der Waals surface area contributed by atoms with Crippen LogP contribution in [0.5, 0.6) is 0 Å². The van der Waals surface area contributed by atoms with E-state index in [2.05, 4.69) is 17.2 Å². The largest absolute Gasteiger partial charge is 0.370 e. The summed E-state index contributed by atoms with van der Waals surface area (Å²) in [6, 6.07) is 1.30. The highest BCUT2D eigenvalue weighted by Crippen LogP contribution is 2.24. The number of nitro groups is 1. The molecule has 7 nitrogen and oxygen atoms in total. The summed E-state index contributed by atoms with van der Waals surface area (Å²) in [7, 11) is 0. The van der Waals surface area contributed by atoms with Crippen molar-refractivity contribution in [3.63, 3.8) is 0 Å². The third-order valence-electron chi connectivity index (χ3n) is 3.37. The highest BCUT2D eigenvalue weighted by molar-refractivity contribution is 5.99. The van der Waals surface area contributed by atoms with Crippen molar-refractivity contribution >= 4 is 17.4 Å². The van der Waals surface area contributed by atoms with E-state index in [-0.39, 0.29) is 17.2 Å². The van der Waals surface area contributed by atoms with Gasteiger partial charge in [0.05, 0.1) is 10.5 Å². The van der Waals surface area contributed by atoms with Gasteiger partial charge in [-0.05, 0) is 19.3 Å². The zero-order chi connectivity index (χ0) is 14.7. The van der Waals surface area contributed by atoms with E-state index in [0.29, 0.717) is 31.4 Å². The maximum absolute atomic E-state index is 12.5. The van der Waals surface area contributed by atoms with Gasteiger partial charge in [-0.3, -0.25) is 14.9 Å². The third kappa shape index (κ3) is 2.87. The molecule has 1 unspecified atom stereocenters. The van der Waals surface area contributed by atoms with Crippen LogP contribution in [-0.4, -0.2) is 40.3 Å². The molecule has 108 valence electrons. The van der Waals surface area contributed by atoms with E-state index in [1.54, 1.807) is 4.90 Å². The minimum absolute atomic E-state index is 0.165. The number of likely N-dealkylation sites (tertiary alicyclic amines) is 1. The molecule has 1 amide bonds. The monoisotopic (exact) mass is 278 g/mol. The number of nitrogens with one attached hydrogen (secondary N) is 1. The minimum atomic E-state index is -0.536. The number of aromatic nitrogens is 1. The smallest absolute Gasteiger partial charge is 0.288 e. The van der Waals surface area contributed by atoms with Gasteiger partial charge in [-0.1, -0.05) is 6.92 Å². The second-order valence-corrected chi connectivity index (χ2v) is 5.02. The quantitative estimate of drug-likeness (QED) is 0.671. The first-order valence-electron chi connectivity index (χ1n) is 6.70. The Morgan fingerprint density at radius 2 is 2.40 bits per heavy atom. The third-order valence-corrected chi connectivity index (χ3v) is 3.37. The molecule has 0 aliphatic carbocycles. The normalized spacial score (nSPS) is 18.1. The number of pyridine rings is 1. The number of rotatable bonds is 4. The summed E-state index contributed by atoms with van der Waals surface area (Å²) in [5.74, 6) is 0.678. The van der Waals surface area contributed by atoms with E-state index in [4.69, 9.17) is 0 Å². The van der Waals surface area contributed by atoms with Crippen LogP contribution in [0.1, 0.15) is 30.6 Å². The summed E-state index contributed by atoms with van der Waals surface area (Å²) in [5.41, 5.74) is 0.109. The van der Waals surface area contributed by atoms with Crippen molar-refractivity contribution in [2.75, 3.05) is 25.0 Å². The molecule has 7 heteroatoms. The second kappa shape index (κ2) is 5.85. The molecule has 0 spiro atoms. The fourth-order valence-corrected chi connectivity index (χ4v) is 2.31. The van der Waals surface area contributed by atoms with Crippen LogP contribution in [0.2, 0.25) is 0 Å². The van der Waals surface area contributed by atoms with Crippen LogP contribution in [0.25, 0.3) is 0 Å². The number of carbonyl (C=O) groups is 1. The Balaban J connectivity index is 2.33. The molecule has 1 saturated heterocycles. The lowest BCUT2D eigenvalue weighted by Gasteiger charge is -2.17. The van der Waals surface area contributed by atoms with Gasteiger partial charge in [0.1, 0.15) is 12.0 Å². The predicted molar refractivity (Wildman–Crippen MR) is 74.7 cm³/mol. The van der Waals surface area contributed by atoms with E-state index in [9.17, 15) is 14.9 Å². The maximum atomic E-state index is 12.5. The summed E-state index contributed by atoms with van der Waals surface area (Å²) in [6.45, 7) is 5.95. The average Bonchev–Trinajstić information content (AvgIpc) is 2.85. The highest BCUT2D eigenvalue weighted by atomic mass is 16.6. The Bertz CT molecular complexity index is 532. The minimum Gasteiger partial charge on any atom is -0.370 e. The molecule has 1 atom stereocenters. The van der Waals surface area contributed by atoms with Crippen LogP contribution < -0.4 is 5.32 Å². The van der Waals surface area contributed by atoms with Crippen molar-refractivity contribution in [2.24, 2.45) is 5.92 Å². The number of nitrogens with zero attached hydrogens (tertiary/aromatic N) is 3. The molecule has 2 rings (SSSR count).